The summed E-state index contributed by atoms with van der Waals surface area (Å²) in [4.78, 5) is 36.9. The Labute approximate surface area is 118 Å². The molecule has 0 aliphatic carbocycles. The molecular formula is C13H23N3O4. The number of rotatable bonds is 5. The summed E-state index contributed by atoms with van der Waals surface area (Å²) >= 11 is 0. The zero-order chi connectivity index (χ0) is 15.1. The first kappa shape index (κ1) is 16.4. The zero-order valence-corrected chi connectivity index (χ0v) is 12.1. The highest BCUT2D eigenvalue weighted by molar-refractivity contribution is 6.03. The predicted octanol–water partition coefficient (Wildman–Crippen LogP) is -0.606. The smallest absolute Gasteiger partial charge is 0.332 e. The van der Waals surface area contributed by atoms with E-state index in [1.165, 1.54) is 0 Å². The average Bonchev–Trinajstić information content (AvgIpc) is 2.46. The lowest BCUT2D eigenvalue weighted by molar-refractivity contribution is -0.149. The maximum absolute atomic E-state index is 12.1. The third-order valence-electron chi connectivity index (χ3n) is 3.22. The molecule has 1 heterocycles. The summed E-state index contributed by atoms with van der Waals surface area (Å²) in [6, 6.07) is -2.09. The molecule has 1 saturated heterocycles. The Morgan fingerprint density at radius 1 is 1.25 bits per heavy atom. The van der Waals surface area contributed by atoms with Crippen LogP contribution >= 0.6 is 0 Å². The van der Waals surface area contributed by atoms with Gasteiger partial charge in [-0.2, -0.15) is 0 Å². The van der Waals surface area contributed by atoms with E-state index in [1.54, 1.807) is 18.7 Å². The minimum Gasteiger partial charge on any atom is -0.464 e. The Kier molecular flexibility index (Phi) is 6.44. The van der Waals surface area contributed by atoms with Crippen LogP contribution in [0.15, 0.2) is 0 Å². The summed E-state index contributed by atoms with van der Waals surface area (Å²) in [5.74, 6) is -1.63. The fourth-order valence-electron chi connectivity index (χ4n) is 2.09. The van der Waals surface area contributed by atoms with Crippen molar-refractivity contribution in [3.8, 4) is 0 Å². The van der Waals surface area contributed by atoms with Crippen LogP contribution in [-0.2, 0) is 19.1 Å². The summed E-state index contributed by atoms with van der Waals surface area (Å²) in [5, 5.41) is 2.46. The van der Waals surface area contributed by atoms with Crippen LogP contribution < -0.4 is 11.1 Å². The van der Waals surface area contributed by atoms with Crippen molar-refractivity contribution in [3.63, 3.8) is 0 Å². The van der Waals surface area contributed by atoms with E-state index in [2.05, 4.69) is 10.1 Å². The van der Waals surface area contributed by atoms with Crippen molar-refractivity contribution in [2.45, 2.75) is 45.2 Å². The van der Waals surface area contributed by atoms with E-state index in [0.717, 1.165) is 19.3 Å². The lowest BCUT2D eigenvalue weighted by atomic mass is 10.1. The molecule has 0 bridgehead atoms. The first-order valence-electron chi connectivity index (χ1n) is 6.98. The fraction of sp³-hybridized carbons (Fsp3) is 0.769. The van der Waals surface area contributed by atoms with Gasteiger partial charge >= 0.3 is 5.97 Å². The molecule has 0 aromatic carbocycles. The van der Waals surface area contributed by atoms with Crippen molar-refractivity contribution in [1.82, 2.24) is 10.2 Å². The third-order valence-corrected chi connectivity index (χ3v) is 3.22. The standard InChI is InChI=1S/C13H23N3O4/c1-3-20-13(19)10(14)11(17)15-9(2)12(18)16-7-5-4-6-8-16/h9-10H,3-8,14H2,1-2H3,(H,15,17). The molecule has 1 rings (SSSR count). The number of hydrogen-bond donors (Lipinski definition) is 2. The number of hydrogen-bond acceptors (Lipinski definition) is 5. The Balaban J connectivity index is 2.47. The molecule has 0 aromatic rings. The molecule has 1 aliphatic rings. The van der Waals surface area contributed by atoms with E-state index in [1.807, 2.05) is 0 Å². The van der Waals surface area contributed by atoms with E-state index < -0.39 is 24.0 Å². The molecule has 7 heteroatoms. The van der Waals surface area contributed by atoms with Gasteiger partial charge in [0.2, 0.25) is 11.8 Å². The largest absolute Gasteiger partial charge is 0.464 e. The molecule has 2 amide bonds. The van der Waals surface area contributed by atoms with Gasteiger partial charge < -0.3 is 20.7 Å². The van der Waals surface area contributed by atoms with E-state index in [-0.39, 0.29) is 12.5 Å². The maximum atomic E-state index is 12.1. The van der Waals surface area contributed by atoms with Gasteiger partial charge in [0.15, 0.2) is 6.04 Å². The summed E-state index contributed by atoms with van der Waals surface area (Å²) in [7, 11) is 0. The van der Waals surface area contributed by atoms with Gasteiger partial charge in [-0.05, 0) is 33.1 Å². The van der Waals surface area contributed by atoms with E-state index in [9.17, 15) is 14.4 Å². The Bertz CT molecular complexity index is 367. The summed E-state index contributed by atoms with van der Waals surface area (Å²) in [5.41, 5.74) is 5.46. The Hall–Kier alpha value is -1.63. The Morgan fingerprint density at radius 3 is 2.40 bits per heavy atom. The Morgan fingerprint density at radius 2 is 1.85 bits per heavy atom. The van der Waals surface area contributed by atoms with Crippen LogP contribution in [0, 0.1) is 0 Å². The third kappa shape index (κ3) is 4.48. The lowest BCUT2D eigenvalue weighted by Crippen LogP contribution is -2.54. The molecule has 114 valence electrons. The first-order chi connectivity index (χ1) is 9.47. The SMILES string of the molecule is CCOC(=O)C(N)C(=O)NC(C)C(=O)N1CCCCC1. The summed E-state index contributed by atoms with van der Waals surface area (Å²) < 4.78 is 4.66. The average molecular weight is 285 g/mol. The second kappa shape index (κ2) is 7.84. The number of esters is 1. The van der Waals surface area contributed by atoms with Crippen molar-refractivity contribution in [1.29, 1.82) is 0 Å². The highest BCUT2D eigenvalue weighted by Crippen LogP contribution is 2.09. The lowest BCUT2D eigenvalue weighted by Gasteiger charge is -2.29. The molecule has 7 nitrogen and oxygen atoms in total. The number of ether oxygens (including phenoxy) is 1. The number of likely N-dealkylation sites (tertiary alicyclic amines) is 1. The van der Waals surface area contributed by atoms with Gasteiger partial charge in [0.25, 0.3) is 0 Å². The minimum absolute atomic E-state index is 0.144. The van der Waals surface area contributed by atoms with Crippen LogP contribution in [0.1, 0.15) is 33.1 Å². The van der Waals surface area contributed by atoms with Crippen molar-refractivity contribution in [3.05, 3.63) is 0 Å². The number of nitrogens with zero attached hydrogens (tertiary/aromatic N) is 1. The number of nitrogens with one attached hydrogen (secondary N) is 1. The van der Waals surface area contributed by atoms with Crippen molar-refractivity contribution in [2.24, 2.45) is 5.73 Å². The highest BCUT2D eigenvalue weighted by Gasteiger charge is 2.28. The highest BCUT2D eigenvalue weighted by atomic mass is 16.5. The van der Waals surface area contributed by atoms with Gasteiger partial charge in [0.05, 0.1) is 6.61 Å². The fourth-order valence-corrected chi connectivity index (χ4v) is 2.09. The number of carbonyl (C=O) groups excluding carboxylic acids is 3. The van der Waals surface area contributed by atoms with Crippen molar-refractivity contribution < 1.29 is 19.1 Å². The molecule has 0 radical (unpaired) electrons. The molecule has 2 atom stereocenters. The number of carbonyl (C=O) groups is 3. The minimum atomic E-state index is -1.40. The molecule has 2 unspecified atom stereocenters. The molecule has 3 N–H and O–H groups in total. The number of piperidine rings is 1. The second-order valence-electron chi connectivity index (χ2n) is 4.85. The zero-order valence-electron chi connectivity index (χ0n) is 12.1. The molecule has 20 heavy (non-hydrogen) atoms. The maximum Gasteiger partial charge on any atom is 0.332 e. The quantitative estimate of drug-likeness (QED) is 0.518. The molecular weight excluding hydrogens is 262 g/mol. The predicted molar refractivity (Wildman–Crippen MR) is 72.6 cm³/mol. The van der Waals surface area contributed by atoms with Gasteiger partial charge in [0, 0.05) is 13.1 Å². The van der Waals surface area contributed by atoms with Crippen LogP contribution in [0.25, 0.3) is 0 Å². The molecule has 0 spiro atoms. The molecule has 1 fully saturated rings. The second-order valence-corrected chi connectivity index (χ2v) is 4.85. The van der Waals surface area contributed by atoms with Crippen molar-refractivity contribution in [2.75, 3.05) is 19.7 Å². The molecule has 0 aromatic heterocycles. The van der Waals surface area contributed by atoms with Gasteiger partial charge in [-0.1, -0.05) is 0 Å². The van der Waals surface area contributed by atoms with Gasteiger partial charge in [0.1, 0.15) is 6.04 Å². The van der Waals surface area contributed by atoms with Gasteiger partial charge in [-0.3, -0.25) is 9.59 Å². The molecule has 1 aliphatic heterocycles. The van der Waals surface area contributed by atoms with Crippen LogP contribution in [-0.4, -0.2) is 54.5 Å². The van der Waals surface area contributed by atoms with Gasteiger partial charge in [-0.25, -0.2) is 4.79 Å². The monoisotopic (exact) mass is 285 g/mol. The number of amides is 2. The van der Waals surface area contributed by atoms with Crippen LogP contribution in [0.2, 0.25) is 0 Å². The van der Waals surface area contributed by atoms with Crippen LogP contribution in [0.3, 0.4) is 0 Å². The van der Waals surface area contributed by atoms with Crippen LogP contribution in [0.5, 0.6) is 0 Å². The van der Waals surface area contributed by atoms with E-state index >= 15 is 0 Å². The number of nitrogens with two attached hydrogens (primary N) is 1. The summed E-state index contributed by atoms with van der Waals surface area (Å²) in [6.45, 7) is 4.80. The van der Waals surface area contributed by atoms with E-state index in [4.69, 9.17) is 5.73 Å². The van der Waals surface area contributed by atoms with E-state index in [0.29, 0.717) is 13.1 Å². The normalized spacial score (nSPS) is 18.1. The van der Waals surface area contributed by atoms with Crippen LogP contribution in [0.4, 0.5) is 0 Å². The first-order valence-corrected chi connectivity index (χ1v) is 6.98. The van der Waals surface area contributed by atoms with Crippen molar-refractivity contribution >= 4 is 17.8 Å². The van der Waals surface area contributed by atoms with Gasteiger partial charge in [-0.15, -0.1) is 0 Å². The summed E-state index contributed by atoms with van der Waals surface area (Å²) in [6.07, 6.45) is 3.09. The topological polar surface area (TPSA) is 102 Å². The molecule has 0 saturated carbocycles.